The molecular formula is C22H26N6O6. The molecule has 2 aromatic rings. The Balaban J connectivity index is 1.60. The molecule has 0 radical (unpaired) electrons. The van der Waals surface area contributed by atoms with Crippen molar-refractivity contribution in [2.24, 2.45) is 0 Å². The zero-order chi connectivity index (χ0) is 24.6. The van der Waals surface area contributed by atoms with Gasteiger partial charge in [0.15, 0.2) is 5.82 Å². The zero-order valence-corrected chi connectivity index (χ0v) is 19.4. The molecule has 4 rings (SSSR count). The number of aromatic nitrogens is 3. The number of hydrogen-bond donors (Lipinski definition) is 2. The third kappa shape index (κ3) is 4.70. The molecule has 0 fully saturated rings. The van der Waals surface area contributed by atoms with Crippen molar-refractivity contribution < 1.29 is 29.0 Å². The Morgan fingerprint density at radius 3 is 2.68 bits per heavy atom. The van der Waals surface area contributed by atoms with Crippen LogP contribution in [-0.4, -0.2) is 63.4 Å². The average Bonchev–Trinajstić information content (AvgIpc) is 2.76. The number of nitrogens with zero attached hydrogens (tertiary/aromatic N) is 5. The Hall–Kier alpha value is -3.96. The smallest absolute Gasteiger partial charge is 0.412 e. The van der Waals surface area contributed by atoms with Crippen LogP contribution in [0.2, 0.25) is 0 Å². The molecule has 1 aliphatic heterocycles. The van der Waals surface area contributed by atoms with Crippen LogP contribution < -0.4 is 19.9 Å². The summed E-state index contributed by atoms with van der Waals surface area (Å²) >= 11 is 0. The van der Waals surface area contributed by atoms with E-state index in [2.05, 4.69) is 20.3 Å². The van der Waals surface area contributed by atoms with E-state index in [4.69, 9.17) is 9.47 Å². The van der Waals surface area contributed by atoms with Crippen molar-refractivity contribution in [1.82, 2.24) is 20.3 Å². The highest BCUT2D eigenvalue weighted by molar-refractivity contribution is 6.11. The van der Waals surface area contributed by atoms with Gasteiger partial charge in [0.25, 0.3) is 5.91 Å². The second-order valence-electron chi connectivity index (χ2n) is 9.02. The molecule has 0 spiro atoms. The van der Waals surface area contributed by atoms with E-state index in [9.17, 15) is 19.5 Å². The molecule has 12 nitrogen and oxygen atoms in total. The first-order valence-electron chi connectivity index (χ1n) is 10.8. The van der Waals surface area contributed by atoms with Crippen molar-refractivity contribution in [2.75, 3.05) is 23.5 Å². The summed E-state index contributed by atoms with van der Waals surface area (Å²) in [5.74, 6) is -0.124. The lowest BCUT2D eigenvalue weighted by Gasteiger charge is -2.33. The van der Waals surface area contributed by atoms with Crippen LogP contribution in [0.1, 0.15) is 38.4 Å². The van der Waals surface area contributed by atoms with Gasteiger partial charge >= 0.3 is 12.2 Å². The second kappa shape index (κ2) is 8.76. The van der Waals surface area contributed by atoms with Crippen molar-refractivity contribution >= 4 is 35.5 Å². The molecule has 2 N–H and O–H groups in total. The van der Waals surface area contributed by atoms with E-state index < -0.39 is 30.2 Å². The number of pyridine rings is 1. The summed E-state index contributed by atoms with van der Waals surface area (Å²) < 4.78 is 10.5. The number of methoxy groups -OCH3 is 1. The Morgan fingerprint density at radius 2 is 2.00 bits per heavy atom. The Bertz CT molecular complexity index is 1150. The van der Waals surface area contributed by atoms with E-state index in [1.807, 2.05) is 0 Å². The molecule has 0 aromatic carbocycles. The molecule has 2 aromatic heterocycles. The van der Waals surface area contributed by atoms with Gasteiger partial charge in [-0.3, -0.25) is 9.69 Å². The molecule has 0 saturated heterocycles. The maximum atomic E-state index is 12.9. The summed E-state index contributed by atoms with van der Waals surface area (Å²) in [6.07, 6.45) is 1.61. The Labute approximate surface area is 195 Å². The predicted octanol–water partition coefficient (Wildman–Crippen LogP) is 2.42. The lowest BCUT2D eigenvalue weighted by atomic mass is 9.93. The molecule has 12 heteroatoms. The van der Waals surface area contributed by atoms with Crippen molar-refractivity contribution in [1.29, 1.82) is 0 Å². The zero-order valence-electron chi connectivity index (χ0n) is 19.4. The number of aryl methyl sites for hydroxylation is 1. The minimum Gasteiger partial charge on any atom is -0.481 e. The first-order valence-corrected chi connectivity index (χ1v) is 10.8. The van der Waals surface area contributed by atoms with Crippen molar-refractivity contribution in [3.05, 3.63) is 29.6 Å². The summed E-state index contributed by atoms with van der Waals surface area (Å²) in [5.41, 5.74) is 1.26. The van der Waals surface area contributed by atoms with Crippen molar-refractivity contribution in [3.8, 4) is 5.88 Å². The summed E-state index contributed by atoms with van der Waals surface area (Å²) in [4.78, 5) is 52.1. The number of anilines is 3. The number of fused-ring (bicyclic) bond motifs is 2. The van der Waals surface area contributed by atoms with E-state index >= 15 is 0 Å². The fourth-order valence-corrected chi connectivity index (χ4v) is 3.90. The van der Waals surface area contributed by atoms with Gasteiger partial charge in [-0.25, -0.2) is 24.5 Å². The molecular weight excluding hydrogens is 444 g/mol. The molecule has 3 amide bonds. The van der Waals surface area contributed by atoms with Crippen LogP contribution in [0, 0.1) is 0 Å². The highest BCUT2D eigenvalue weighted by atomic mass is 16.6. The van der Waals surface area contributed by atoms with Crippen molar-refractivity contribution in [3.63, 3.8) is 0 Å². The summed E-state index contributed by atoms with van der Waals surface area (Å²) in [6.45, 7) is 5.02. The van der Waals surface area contributed by atoms with Crippen LogP contribution in [0.4, 0.5) is 27.0 Å². The fraction of sp³-hybridized carbons (Fsp3) is 0.455. The number of hydrogen-bond acceptors (Lipinski definition) is 8. The van der Waals surface area contributed by atoms with Crippen LogP contribution >= 0.6 is 0 Å². The predicted molar refractivity (Wildman–Crippen MR) is 121 cm³/mol. The fourth-order valence-electron chi connectivity index (χ4n) is 3.90. The van der Waals surface area contributed by atoms with E-state index in [1.165, 1.54) is 24.1 Å². The minimum absolute atomic E-state index is 0.0817. The third-order valence-corrected chi connectivity index (χ3v) is 5.37. The van der Waals surface area contributed by atoms with Crippen LogP contribution in [0.25, 0.3) is 0 Å². The molecule has 3 heterocycles. The first kappa shape index (κ1) is 23.2. The quantitative estimate of drug-likeness (QED) is 0.690. The number of amides is 3. The Kier molecular flexibility index (Phi) is 5.98. The molecule has 180 valence electrons. The number of carboxylic acid groups (broad SMARTS) is 1. The van der Waals surface area contributed by atoms with Gasteiger partial charge in [0.2, 0.25) is 11.8 Å². The Morgan fingerprint density at radius 1 is 1.24 bits per heavy atom. The lowest BCUT2D eigenvalue weighted by molar-refractivity contribution is -0.116. The largest absolute Gasteiger partial charge is 0.481 e. The number of nitrogens with one attached hydrogen (secondary N) is 1. The number of rotatable bonds is 3. The second-order valence-corrected chi connectivity index (χ2v) is 9.02. The number of carbonyl (C=O) groups excluding carboxylic acids is 2. The van der Waals surface area contributed by atoms with Gasteiger partial charge < -0.3 is 19.9 Å². The number of ether oxygens (including phenoxy) is 2. The van der Waals surface area contributed by atoms with Gasteiger partial charge in [-0.2, -0.15) is 4.98 Å². The molecule has 1 aliphatic carbocycles. The maximum absolute atomic E-state index is 12.9. The van der Waals surface area contributed by atoms with Crippen molar-refractivity contribution in [2.45, 2.75) is 51.7 Å². The highest BCUT2D eigenvalue weighted by Gasteiger charge is 2.37. The monoisotopic (exact) mass is 470 g/mol. The SMILES string of the molecule is COc1ccc2c(n1)N(c1ncc3c(n1)CCC(NC(=O)OC(C)(C)C)C3)C(=O)CN2C(=O)O. The maximum Gasteiger partial charge on any atom is 0.412 e. The highest BCUT2D eigenvalue weighted by Crippen LogP contribution is 2.37. The topological polar surface area (TPSA) is 147 Å². The summed E-state index contributed by atoms with van der Waals surface area (Å²) in [7, 11) is 1.43. The minimum atomic E-state index is -1.27. The van der Waals surface area contributed by atoms with Gasteiger partial charge in [-0.1, -0.05) is 0 Å². The molecule has 1 atom stereocenters. The normalized spacial score (nSPS) is 17.5. The lowest BCUT2D eigenvalue weighted by Crippen LogP contribution is -2.47. The van der Waals surface area contributed by atoms with Gasteiger partial charge in [-0.05, 0) is 51.7 Å². The average molecular weight is 470 g/mol. The van der Waals surface area contributed by atoms with Gasteiger partial charge in [-0.15, -0.1) is 0 Å². The van der Waals surface area contributed by atoms with Crippen LogP contribution in [0.15, 0.2) is 18.3 Å². The number of carbonyl (C=O) groups is 3. The standard InChI is InChI=1S/C22H26N6O6/c1-22(2,3)34-20(30)24-13-5-6-14-12(9-13)10-23-19(25-14)28-17(29)11-27(21(31)32)15-7-8-16(33-4)26-18(15)28/h7-8,10,13H,5-6,9,11H2,1-4H3,(H,24,30)(H,31,32). The molecule has 0 saturated carbocycles. The van der Waals surface area contributed by atoms with E-state index in [1.54, 1.807) is 27.0 Å². The number of alkyl carbamates (subject to hydrolysis) is 1. The summed E-state index contributed by atoms with van der Waals surface area (Å²) in [5, 5.41) is 12.4. The van der Waals surface area contributed by atoms with E-state index in [0.717, 1.165) is 16.2 Å². The van der Waals surface area contributed by atoms with E-state index in [-0.39, 0.29) is 29.4 Å². The molecule has 0 bridgehead atoms. The molecule has 34 heavy (non-hydrogen) atoms. The molecule has 1 unspecified atom stereocenters. The van der Waals surface area contributed by atoms with Crippen LogP contribution in [0.5, 0.6) is 5.88 Å². The molecule has 2 aliphatic rings. The van der Waals surface area contributed by atoms with Gasteiger partial charge in [0.1, 0.15) is 12.1 Å². The third-order valence-electron chi connectivity index (χ3n) is 5.37. The summed E-state index contributed by atoms with van der Waals surface area (Å²) in [6, 6.07) is 2.93. The first-order chi connectivity index (χ1) is 16.1. The van der Waals surface area contributed by atoms with Crippen LogP contribution in [0.3, 0.4) is 0 Å². The van der Waals surface area contributed by atoms with Crippen LogP contribution in [-0.2, 0) is 22.4 Å². The van der Waals surface area contributed by atoms with E-state index in [0.29, 0.717) is 19.3 Å². The van der Waals surface area contributed by atoms with Gasteiger partial charge in [0.05, 0.1) is 12.8 Å². The van der Waals surface area contributed by atoms with Gasteiger partial charge in [0, 0.05) is 24.0 Å².